The number of aromatic nitrogens is 4. The second-order valence-corrected chi connectivity index (χ2v) is 4.60. The summed E-state index contributed by atoms with van der Waals surface area (Å²) in [5.74, 6) is -1.54. The largest absolute Gasteiger partial charge is 0.221 e. The van der Waals surface area contributed by atoms with Crippen LogP contribution in [-0.4, -0.2) is 20.2 Å². The zero-order valence-electron chi connectivity index (χ0n) is 11.2. The van der Waals surface area contributed by atoms with E-state index in [1.54, 1.807) is 24.3 Å². The quantitative estimate of drug-likeness (QED) is 0.745. The number of hydrogen-bond donors (Lipinski definition) is 0. The van der Waals surface area contributed by atoms with Gasteiger partial charge in [0.25, 0.3) is 0 Å². The van der Waals surface area contributed by atoms with Gasteiger partial charge >= 0.3 is 0 Å². The minimum Gasteiger partial charge on any atom is -0.221 e. The summed E-state index contributed by atoms with van der Waals surface area (Å²) in [7, 11) is 0. The first-order valence-electron chi connectivity index (χ1n) is 6.38. The van der Waals surface area contributed by atoms with Crippen LogP contribution in [0.1, 0.15) is 11.1 Å². The highest BCUT2D eigenvalue weighted by atomic mass is 19.2. The summed E-state index contributed by atoms with van der Waals surface area (Å²) in [6.45, 7) is 0.354. The molecule has 22 heavy (non-hydrogen) atoms. The summed E-state index contributed by atoms with van der Waals surface area (Å²) >= 11 is 0. The van der Waals surface area contributed by atoms with Crippen LogP contribution in [0.3, 0.4) is 0 Å². The van der Waals surface area contributed by atoms with Gasteiger partial charge in [-0.3, -0.25) is 0 Å². The van der Waals surface area contributed by atoms with Gasteiger partial charge in [-0.25, -0.2) is 13.5 Å². The number of tetrazole rings is 1. The maximum Gasteiger partial charge on any atom is 0.182 e. The molecule has 108 valence electrons. The maximum atomic E-state index is 13.3. The van der Waals surface area contributed by atoms with Crippen LogP contribution in [0.4, 0.5) is 8.78 Å². The molecule has 0 aliphatic carbocycles. The maximum absolute atomic E-state index is 13.3. The van der Waals surface area contributed by atoms with Crippen LogP contribution in [0.25, 0.3) is 11.4 Å². The molecule has 3 rings (SSSR count). The molecule has 3 aromatic rings. The van der Waals surface area contributed by atoms with E-state index in [4.69, 9.17) is 5.26 Å². The van der Waals surface area contributed by atoms with Gasteiger partial charge in [-0.1, -0.05) is 12.1 Å². The summed E-state index contributed by atoms with van der Waals surface area (Å²) in [6.07, 6.45) is 0. The average molecular weight is 297 g/mol. The normalized spacial score (nSPS) is 10.4. The molecule has 0 saturated carbocycles. The Labute approximate surface area is 124 Å². The summed E-state index contributed by atoms with van der Waals surface area (Å²) in [6, 6.07) is 12.5. The zero-order valence-corrected chi connectivity index (χ0v) is 11.2. The van der Waals surface area contributed by atoms with Crippen LogP contribution in [0.2, 0.25) is 0 Å². The summed E-state index contributed by atoms with van der Waals surface area (Å²) in [5, 5.41) is 20.1. The topological polar surface area (TPSA) is 67.4 Å². The van der Waals surface area contributed by atoms with Gasteiger partial charge in [-0.15, -0.1) is 5.10 Å². The van der Waals surface area contributed by atoms with Crippen LogP contribution in [0.15, 0.2) is 42.5 Å². The fourth-order valence-electron chi connectivity index (χ4n) is 2.01. The molecule has 5 nitrogen and oxygen atoms in total. The van der Waals surface area contributed by atoms with Gasteiger partial charge in [0.1, 0.15) is 0 Å². The van der Waals surface area contributed by atoms with Gasteiger partial charge in [-0.05, 0) is 46.3 Å². The molecule has 0 saturated heterocycles. The first kappa shape index (κ1) is 13.8. The van der Waals surface area contributed by atoms with E-state index in [9.17, 15) is 8.78 Å². The van der Waals surface area contributed by atoms with Crippen molar-refractivity contribution in [3.05, 3.63) is 65.2 Å². The van der Waals surface area contributed by atoms with Crippen LogP contribution in [-0.2, 0) is 6.54 Å². The fraction of sp³-hybridized carbons (Fsp3) is 0.0667. The number of benzene rings is 2. The monoisotopic (exact) mass is 297 g/mol. The Bertz CT molecular complexity index is 849. The van der Waals surface area contributed by atoms with Crippen molar-refractivity contribution in [2.45, 2.75) is 6.54 Å². The van der Waals surface area contributed by atoms with Gasteiger partial charge in [0.15, 0.2) is 17.5 Å². The zero-order chi connectivity index (χ0) is 15.5. The van der Waals surface area contributed by atoms with E-state index in [2.05, 4.69) is 15.5 Å². The molecule has 2 aromatic carbocycles. The summed E-state index contributed by atoms with van der Waals surface area (Å²) < 4.78 is 27.8. The van der Waals surface area contributed by atoms with Crippen molar-refractivity contribution in [1.29, 1.82) is 5.26 Å². The molecule has 1 heterocycles. The van der Waals surface area contributed by atoms with Crippen LogP contribution in [0, 0.1) is 23.0 Å². The highest BCUT2D eigenvalue weighted by molar-refractivity contribution is 5.54. The third kappa shape index (κ3) is 2.67. The van der Waals surface area contributed by atoms with Crippen LogP contribution < -0.4 is 0 Å². The summed E-state index contributed by atoms with van der Waals surface area (Å²) in [5.41, 5.74) is 1.83. The average Bonchev–Trinajstić information content (AvgIpc) is 2.99. The van der Waals surface area contributed by atoms with Crippen molar-refractivity contribution in [2.75, 3.05) is 0 Å². The number of nitriles is 1. The SMILES string of the molecule is N#Cc1ccc(Cn2nnnc2-c2ccc(F)c(F)c2)cc1. The Kier molecular flexibility index (Phi) is 3.58. The fourth-order valence-corrected chi connectivity index (χ4v) is 2.01. The Hall–Kier alpha value is -3.14. The third-order valence-corrected chi connectivity index (χ3v) is 3.13. The Morgan fingerprint density at radius 2 is 1.82 bits per heavy atom. The molecule has 0 N–H and O–H groups in total. The van der Waals surface area contributed by atoms with E-state index < -0.39 is 11.6 Å². The minimum atomic E-state index is -0.953. The molecule has 1 aromatic heterocycles. The van der Waals surface area contributed by atoms with Gasteiger partial charge in [-0.2, -0.15) is 5.26 Å². The molecule has 7 heteroatoms. The van der Waals surface area contributed by atoms with Crippen molar-refractivity contribution < 1.29 is 8.78 Å². The Morgan fingerprint density at radius 3 is 2.50 bits per heavy atom. The predicted molar refractivity (Wildman–Crippen MR) is 73.4 cm³/mol. The lowest BCUT2D eigenvalue weighted by atomic mass is 10.1. The van der Waals surface area contributed by atoms with Gasteiger partial charge in [0.05, 0.1) is 18.2 Å². The second kappa shape index (κ2) is 5.69. The van der Waals surface area contributed by atoms with Gasteiger partial charge in [0.2, 0.25) is 0 Å². The van der Waals surface area contributed by atoms with E-state index in [1.807, 2.05) is 6.07 Å². The molecule has 0 unspecified atom stereocenters. The number of rotatable bonds is 3. The molecule has 0 bridgehead atoms. The van der Waals surface area contributed by atoms with Crippen molar-refractivity contribution in [3.63, 3.8) is 0 Å². The summed E-state index contributed by atoms with van der Waals surface area (Å²) in [4.78, 5) is 0. The molecule has 0 radical (unpaired) electrons. The molecule has 0 atom stereocenters. The molecule has 0 spiro atoms. The number of hydrogen-bond acceptors (Lipinski definition) is 4. The molecular weight excluding hydrogens is 288 g/mol. The van der Waals surface area contributed by atoms with E-state index in [0.717, 1.165) is 17.7 Å². The number of nitrogens with zero attached hydrogens (tertiary/aromatic N) is 5. The van der Waals surface area contributed by atoms with Crippen LogP contribution >= 0.6 is 0 Å². The molecule has 0 amide bonds. The molecule has 0 fully saturated rings. The van der Waals surface area contributed by atoms with E-state index in [1.165, 1.54) is 10.7 Å². The highest BCUT2D eigenvalue weighted by Gasteiger charge is 2.12. The van der Waals surface area contributed by atoms with E-state index in [0.29, 0.717) is 23.5 Å². The lowest BCUT2D eigenvalue weighted by Gasteiger charge is -2.05. The first-order valence-corrected chi connectivity index (χ1v) is 6.38. The smallest absolute Gasteiger partial charge is 0.182 e. The van der Waals surface area contributed by atoms with Crippen LogP contribution in [0.5, 0.6) is 0 Å². The van der Waals surface area contributed by atoms with Crippen molar-refractivity contribution in [3.8, 4) is 17.5 Å². The lowest BCUT2D eigenvalue weighted by molar-refractivity contribution is 0.509. The first-order chi connectivity index (χ1) is 10.7. The van der Waals surface area contributed by atoms with E-state index >= 15 is 0 Å². The van der Waals surface area contributed by atoms with Crippen molar-refractivity contribution in [2.24, 2.45) is 0 Å². The predicted octanol–water partition coefficient (Wildman–Crippen LogP) is 2.54. The van der Waals surface area contributed by atoms with Crippen molar-refractivity contribution >= 4 is 0 Å². The van der Waals surface area contributed by atoms with Gasteiger partial charge in [0, 0.05) is 5.56 Å². The van der Waals surface area contributed by atoms with Crippen molar-refractivity contribution in [1.82, 2.24) is 20.2 Å². The third-order valence-electron chi connectivity index (χ3n) is 3.13. The Morgan fingerprint density at radius 1 is 1.05 bits per heavy atom. The second-order valence-electron chi connectivity index (χ2n) is 4.60. The Balaban J connectivity index is 1.91. The lowest BCUT2D eigenvalue weighted by Crippen LogP contribution is -2.04. The molecule has 0 aliphatic rings. The van der Waals surface area contributed by atoms with E-state index in [-0.39, 0.29) is 0 Å². The van der Waals surface area contributed by atoms with Gasteiger partial charge < -0.3 is 0 Å². The molecular formula is C15H9F2N5. The minimum absolute atomic E-state index is 0.336. The molecule has 0 aliphatic heterocycles. The number of halogens is 2. The highest BCUT2D eigenvalue weighted by Crippen LogP contribution is 2.19. The standard InChI is InChI=1S/C15H9F2N5/c16-13-6-5-12(7-14(13)17)15-19-20-21-22(15)9-11-3-1-10(8-18)2-4-11/h1-7H,9H2.